The molecule has 32 heavy (non-hydrogen) atoms. The predicted molar refractivity (Wildman–Crippen MR) is 126 cm³/mol. The molecule has 1 fully saturated rings. The summed E-state index contributed by atoms with van der Waals surface area (Å²) < 4.78 is 2.12. The van der Waals surface area contributed by atoms with E-state index in [0.29, 0.717) is 12.5 Å². The molecule has 0 unspecified atom stereocenters. The molecule has 166 valence electrons. The van der Waals surface area contributed by atoms with Crippen LogP contribution >= 0.6 is 11.8 Å². The first-order valence-corrected chi connectivity index (χ1v) is 11.7. The number of carbonyl (C=O) groups is 2. The van der Waals surface area contributed by atoms with Crippen molar-refractivity contribution in [2.24, 2.45) is 0 Å². The monoisotopic (exact) mass is 449 g/mol. The standard InChI is InChI=1S/C24H27N5O2S/c1-17-8-12-20(13-9-17)25-21(30)15-28(2)22(31)16-32-24-27-26-23(19-10-11-19)29(24)14-18-6-4-3-5-7-18/h3-9,12-13,19H,10-11,14-16H2,1-2H3,(H,25,30). The Bertz CT molecular complexity index is 1080. The minimum atomic E-state index is -0.224. The van der Waals surface area contributed by atoms with Gasteiger partial charge in [0.05, 0.1) is 18.8 Å². The van der Waals surface area contributed by atoms with Gasteiger partial charge in [-0.2, -0.15) is 0 Å². The van der Waals surface area contributed by atoms with Crippen molar-refractivity contribution < 1.29 is 9.59 Å². The van der Waals surface area contributed by atoms with Crippen molar-refractivity contribution in [3.63, 3.8) is 0 Å². The topological polar surface area (TPSA) is 80.1 Å². The number of aryl methyl sites for hydroxylation is 1. The number of likely N-dealkylation sites (N-methyl/N-ethyl adjacent to an activating group) is 1. The molecule has 0 spiro atoms. The van der Waals surface area contributed by atoms with E-state index >= 15 is 0 Å². The van der Waals surface area contributed by atoms with E-state index in [1.807, 2.05) is 49.4 Å². The van der Waals surface area contributed by atoms with Crippen LogP contribution in [-0.4, -0.2) is 50.8 Å². The molecule has 1 heterocycles. The molecule has 2 amide bonds. The Morgan fingerprint density at radius 1 is 1.09 bits per heavy atom. The van der Waals surface area contributed by atoms with Gasteiger partial charge in [-0.1, -0.05) is 59.8 Å². The van der Waals surface area contributed by atoms with Crippen molar-refractivity contribution in [3.05, 3.63) is 71.5 Å². The molecule has 8 heteroatoms. The quantitative estimate of drug-likeness (QED) is 0.504. The maximum Gasteiger partial charge on any atom is 0.243 e. The number of amides is 2. The molecule has 1 saturated carbocycles. The van der Waals surface area contributed by atoms with Gasteiger partial charge in [0.2, 0.25) is 11.8 Å². The first-order valence-electron chi connectivity index (χ1n) is 10.7. The van der Waals surface area contributed by atoms with E-state index in [4.69, 9.17) is 0 Å². The molecule has 0 aliphatic heterocycles. The fourth-order valence-corrected chi connectivity index (χ4v) is 4.23. The lowest BCUT2D eigenvalue weighted by molar-refractivity contribution is -0.131. The number of nitrogens with one attached hydrogen (secondary N) is 1. The Kier molecular flexibility index (Phi) is 6.90. The van der Waals surface area contributed by atoms with E-state index in [2.05, 4.69) is 32.2 Å². The maximum atomic E-state index is 12.6. The molecule has 0 atom stereocenters. The second-order valence-corrected chi connectivity index (χ2v) is 9.08. The Hall–Kier alpha value is -3.13. The smallest absolute Gasteiger partial charge is 0.243 e. The third kappa shape index (κ3) is 5.76. The highest BCUT2D eigenvalue weighted by Gasteiger charge is 2.30. The molecule has 2 aromatic carbocycles. The molecule has 0 radical (unpaired) electrons. The van der Waals surface area contributed by atoms with Crippen LogP contribution in [0.2, 0.25) is 0 Å². The van der Waals surface area contributed by atoms with Crippen LogP contribution in [0.4, 0.5) is 5.69 Å². The van der Waals surface area contributed by atoms with Gasteiger partial charge < -0.3 is 14.8 Å². The summed E-state index contributed by atoms with van der Waals surface area (Å²) in [5.41, 5.74) is 3.02. The van der Waals surface area contributed by atoms with Crippen LogP contribution in [0.1, 0.15) is 35.7 Å². The van der Waals surface area contributed by atoms with Crippen LogP contribution in [0.25, 0.3) is 0 Å². The normalized spacial score (nSPS) is 13.1. The molecule has 1 N–H and O–H groups in total. The number of hydrogen-bond acceptors (Lipinski definition) is 5. The summed E-state index contributed by atoms with van der Waals surface area (Å²) in [7, 11) is 1.64. The van der Waals surface area contributed by atoms with Crippen LogP contribution in [0, 0.1) is 6.92 Å². The van der Waals surface area contributed by atoms with Crippen LogP contribution < -0.4 is 5.32 Å². The van der Waals surface area contributed by atoms with Gasteiger partial charge in [0.1, 0.15) is 5.82 Å². The second-order valence-electron chi connectivity index (χ2n) is 8.14. The summed E-state index contributed by atoms with van der Waals surface area (Å²) in [4.78, 5) is 26.4. The molecular weight excluding hydrogens is 422 g/mol. The molecule has 3 aromatic rings. The van der Waals surface area contributed by atoms with Crippen LogP contribution in [0.5, 0.6) is 0 Å². The Morgan fingerprint density at radius 3 is 2.50 bits per heavy atom. The molecular formula is C24H27N5O2S. The van der Waals surface area contributed by atoms with Gasteiger partial charge >= 0.3 is 0 Å². The fraction of sp³-hybridized carbons (Fsp3) is 0.333. The van der Waals surface area contributed by atoms with E-state index in [-0.39, 0.29) is 24.1 Å². The zero-order valence-corrected chi connectivity index (χ0v) is 19.1. The lowest BCUT2D eigenvalue weighted by atomic mass is 10.2. The van der Waals surface area contributed by atoms with Crippen LogP contribution in [0.15, 0.2) is 59.8 Å². The minimum absolute atomic E-state index is 0.00268. The molecule has 0 saturated heterocycles. The number of rotatable bonds is 9. The Labute approximate surface area is 192 Å². The highest BCUT2D eigenvalue weighted by molar-refractivity contribution is 7.99. The van der Waals surface area contributed by atoms with Gasteiger partial charge in [-0.25, -0.2) is 0 Å². The molecule has 7 nitrogen and oxygen atoms in total. The molecule has 1 aliphatic rings. The highest BCUT2D eigenvalue weighted by Crippen LogP contribution is 2.40. The SMILES string of the molecule is Cc1ccc(NC(=O)CN(C)C(=O)CSc2nnc(C3CC3)n2Cc2ccccc2)cc1. The van der Waals surface area contributed by atoms with Crippen LogP contribution in [0.3, 0.4) is 0 Å². The Balaban J connectivity index is 1.34. The highest BCUT2D eigenvalue weighted by atomic mass is 32.2. The van der Waals surface area contributed by atoms with Crippen molar-refractivity contribution in [1.82, 2.24) is 19.7 Å². The number of anilines is 1. The van der Waals surface area contributed by atoms with Gasteiger partial charge in [-0.3, -0.25) is 9.59 Å². The maximum absolute atomic E-state index is 12.6. The summed E-state index contributed by atoms with van der Waals surface area (Å²) in [5.74, 6) is 1.31. The summed E-state index contributed by atoms with van der Waals surface area (Å²) in [5, 5.41) is 12.3. The van der Waals surface area contributed by atoms with E-state index in [0.717, 1.165) is 35.1 Å². The van der Waals surface area contributed by atoms with Crippen LogP contribution in [-0.2, 0) is 16.1 Å². The zero-order valence-electron chi connectivity index (χ0n) is 18.3. The number of nitrogens with zero attached hydrogens (tertiary/aromatic N) is 4. The molecule has 4 rings (SSSR count). The van der Waals surface area contributed by atoms with Gasteiger partial charge in [0, 0.05) is 18.7 Å². The number of aromatic nitrogens is 3. The van der Waals surface area contributed by atoms with Crippen molar-refractivity contribution >= 4 is 29.3 Å². The molecule has 1 aromatic heterocycles. The number of hydrogen-bond donors (Lipinski definition) is 1. The third-order valence-corrected chi connectivity index (χ3v) is 6.29. The Morgan fingerprint density at radius 2 is 1.81 bits per heavy atom. The lowest BCUT2D eigenvalue weighted by Gasteiger charge is -2.17. The summed E-state index contributed by atoms with van der Waals surface area (Å²) in [6, 6.07) is 17.8. The van der Waals surface area contributed by atoms with Gasteiger partial charge in [-0.05, 0) is 37.5 Å². The second kappa shape index (κ2) is 9.99. The molecule has 0 bridgehead atoms. The largest absolute Gasteiger partial charge is 0.336 e. The van der Waals surface area contributed by atoms with Gasteiger partial charge in [0.25, 0.3) is 0 Å². The summed E-state index contributed by atoms with van der Waals surface area (Å²) in [6.45, 7) is 2.67. The van der Waals surface area contributed by atoms with E-state index in [1.165, 1.54) is 22.2 Å². The first kappa shape index (κ1) is 22.1. The average molecular weight is 450 g/mol. The van der Waals surface area contributed by atoms with E-state index in [1.54, 1.807) is 7.05 Å². The summed E-state index contributed by atoms with van der Waals surface area (Å²) in [6.07, 6.45) is 2.27. The third-order valence-electron chi connectivity index (χ3n) is 5.34. The minimum Gasteiger partial charge on any atom is -0.336 e. The zero-order chi connectivity index (χ0) is 22.5. The average Bonchev–Trinajstić information content (AvgIpc) is 3.56. The number of thioether (sulfide) groups is 1. The summed E-state index contributed by atoms with van der Waals surface area (Å²) >= 11 is 1.37. The van der Waals surface area contributed by atoms with Gasteiger partial charge in [-0.15, -0.1) is 10.2 Å². The number of benzene rings is 2. The molecule has 1 aliphatic carbocycles. The first-order chi connectivity index (χ1) is 15.5. The number of carbonyl (C=O) groups excluding carboxylic acids is 2. The van der Waals surface area contributed by atoms with E-state index < -0.39 is 0 Å². The van der Waals surface area contributed by atoms with Crippen molar-refractivity contribution in [2.45, 2.75) is 37.4 Å². The lowest BCUT2D eigenvalue weighted by Crippen LogP contribution is -2.36. The van der Waals surface area contributed by atoms with E-state index in [9.17, 15) is 9.59 Å². The van der Waals surface area contributed by atoms with Crippen molar-refractivity contribution in [1.29, 1.82) is 0 Å². The fourth-order valence-electron chi connectivity index (χ4n) is 3.34. The van der Waals surface area contributed by atoms with Crippen molar-refractivity contribution in [2.75, 3.05) is 24.7 Å². The van der Waals surface area contributed by atoms with Gasteiger partial charge in [0.15, 0.2) is 5.16 Å². The van der Waals surface area contributed by atoms with Crippen molar-refractivity contribution in [3.8, 4) is 0 Å². The predicted octanol–water partition coefficient (Wildman–Crippen LogP) is 3.70.